The summed E-state index contributed by atoms with van der Waals surface area (Å²) in [5.74, 6) is 2.51. The van der Waals surface area contributed by atoms with Crippen LogP contribution in [0.4, 0.5) is 0 Å². The summed E-state index contributed by atoms with van der Waals surface area (Å²) in [6.07, 6.45) is 1.87. The van der Waals surface area contributed by atoms with Crippen LogP contribution in [0.25, 0.3) is 0 Å². The van der Waals surface area contributed by atoms with E-state index in [9.17, 15) is 0 Å². The third kappa shape index (κ3) is 3.29. The fourth-order valence-electron chi connectivity index (χ4n) is 1.48. The molecular weight excluding hydrogens is 242 g/mol. The Morgan fingerprint density at radius 1 is 1.50 bits per heavy atom. The van der Waals surface area contributed by atoms with Gasteiger partial charge in [-0.1, -0.05) is 6.92 Å². The van der Waals surface area contributed by atoms with Gasteiger partial charge in [0.1, 0.15) is 5.75 Å². The summed E-state index contributed by atoms with van der Waals surface area (Å²) in [4.78, 5) is 4.45. The van der Waals surface area contributed by atoms with Gasteiger partial charge in [0, 0.05) is 34.2 Å². The predicted molar refractivity (Wildman–Crippen MR) is 71.7 cm³/mol. The van der Waals surface area contributed by atoms with Crippen LogP contribution in [0.5, 0.6) is 5.75 Å². The summed E-state index contributed by atoms with van der Waals surface area (Å²) in [5, 5.41) is 0.454. The van der Waals surface area contributed by atoms with Crippen molar-refractivity contribution in [3.63, 3.8) is 0 Å². The van der Waals surface area contributed by atoms with Crippen molar-refractivity contribution in [2.45, 2.75) is 31.8 Å². The lowest BCUT2D eigenvalue weighted by Gasteiger charge is -2.13. The molecule has 0 N–H and O–H groups in total. The minimum absolute atomic E-state index is 0.454. The average Bonchev–Trinajstić information content (AvgIpc) is 2.28. The molecule has 2 nitrogen and oxygen atoms in total. The number of halogens is 1. The Morgan fingerprint density at radius 2 is 2.19 bits per heavy atom. The van der Waals surface area contributed by atoms with E-state index >= 15 is 0 Å². The third-order valence-corrected chi connectivity index (χ3v) is 4.29. The van der Waals surface area contributed by atoms with E-state index in [-0.39, 0.29) is 0 Å². The summed E-state index contributed by atoms with van der Waals surface area (Å²) >= 11 is 7.59. The molecule has 0 aromatic carbocycles. The predicted octanol–water partition coefficient (Wildman–Crippen LogP) is 3.57. The van der Waals surface area contributed by atoms with Gasteiger partial charge in [-0.15, -0.1) is 11.6 Å². The molecule has 16 heavy (non-hydrogen) atoms. The number of rotatable bonds is 5. The van der Waals surface area contributed by atoms with E-state index in [0.717, 1.165) is 28.3 Å². The second-order valence-electron chi connectivity index (χ2n) is 3.82. The van der Waals surface area contributed by atoms with Crippen molar-refractivity contribution in [3.8, 4) is 5.75 Å². The van der Waals surface area contributed by atoms with Crippen molar-refractivity contribution >= 4 is 23.4 Å². The van der Waals surface area contributed by atoms with Gasteiger partial charge in [-0.05, 0) is 13.8 Å². The number of hydrogen-bond donors (Lipinski definition) is 0. The molecule has 0 aliphatic carbocycles. The number of thioether (sulfide) groups is 1. The molecule has 0 radical (unpaired) electrons. The lowest BCUT2D eigenvalue weighted by atomic mass is 10.1. The van der Waals surface area contributed by atoms with Crippen molar-refractivity contribution in [1.82, 2.24) is 4.98 Å². The van der Waals surface area contributed by atoms with E-state index in [2.05, 4.69) is 18.8 Å². The van der Waals surface area contributed by atoms with Crippen LogP contribution in [-0.2, 0) is 5.75 Å². The molecule has 0 aliphatic rings. The van der Waals surface area contributed by atoms with Crippen LogP contribution in [0.2, 0.25) is 0 Å². The highest BCUT2D eigenvalue weighted by Crippen LogP contribution is 2.27. The van der Waals surface area contributed by atoms with E-state index in [4.69, 9.17) is 16.3 Å². The number of methoxy groups -OCH3 is 1. The van der Waals surface area contributed by atoms with E-state index in [0.29, 0.717) is 11.1 Å². The zero-order valence-electron chi connectivity index (χ0n) is 10.2. The number of aromatic nitrogens is 1. The lowest BCUT2D eigenvalue weighted by Crippen LogP contribution is -2.02. The van der Waals surface area contributed by atoms with Crippen molar-refractivity contribution in [1.29, 1.82) is 0 Å². The molecule has 0 saturated heterocycles. The molecule has 0 amide bonds. The van der Waals surface area contributed by atoms with Crippen LogP contribution in [0.1, 0.15) is 23.7 Å². The SMILES string of the molecule is COc1c(C)cnc(CSC(C)CCl)c1C. The first-order valence-electron chi connectivity index (χ1n) is 5.26. The van der Waals surface area contributed by atoms with Crippen LogP contribution in [0.3, 0.4) is 0 Å². The summed E-state index contributed by atoms with van der Waals surface area (Å²) in [5.41, 5.74) is 3.31. The van der Waals surface area contributed by atoms with Crippen LogP contribution >= 0.6 is 23.4 Å². The van der Waals surface area contributed by atoms with Gasteiger partial charge in [0.2, 0.25) is 0 Å². The minimum Gasteiger partial charge on any atom is -0.496 e. The van der Waals surface area contributed by atoms with Gasteiger partial charge in [-0.25, -0.2) is 0 Å². The maximum atomic E-state index is 5.78. The molecule has 1 heterocycles. The average molecular weight is 260 g/mol. The quantitative estimate of drug-likeness (QED) is 0.755. The van der Waals surface area contributed by atoms with Crippen molar-refractivity contribution in [3.05, 3.63) is 23.0 Å². The van der Waals surface area contributed by atoms with E-state index in [1.165, 1.54) is 0 Å². The summed E-state index contributed by atoms with van der Waals surface area (Å²) in [7, 11) is 1.70. The fourth-order valence-corrected chi connectivity index (χ4v) is 2.57. The molecule has 1 rings (SSSR count). The van der Waals surface area contributed by atoms with Crippen molar-refractivity contribution in [2.24, 2.45) is 0 Å². The van der Waals surface area contributed by atoms with Gasteiger partial charge in [-0.3, -0.25) is 4.98 Å². The topological polar surface area (TPSA) is 22.1 Å². The monoisotopic (exact) mass is 259 g/mol. The number of pyridine rings is 1. The Kier molecular flexibility index (Phi) is 5.42. The first-order chi connectivity index (χ1) is 7.60. The highest BCUT2D eigenvalue weighted by atomic mass is 35.5. The Balaban J connectivity index is 2.81. The molecule has 1 unspecified atom stereocenters. The normalized spacial score (nSPS) is 12.6. The maximum Gasteiger partial charge on any atom is 0.128 e. The van der Waals surface area contributed by atoms with Crippen LogP contribution in [0.15, 0.2) is 6.20 Å². The standard InChI is InChI=1S/C12H18ClNOS/c1-8-6-14-11(7-16-9(2)5-13)10(3)12(8)15-4/h6,9H,5,7H2,1-4H3. The highest BCUT2D eigenvalue weighted by molar-refractivity contribution is 7.99. The van der Waals surface area contributed by atoms with Gasteiger partial charge in [0.25, 0.3) is 0 Å². The first-order valence-corrected chi connectivity index (χ1v) is 6.85. The molecule has 0 bridgehead atoms. The number of ether oxygens (including phenoxy) is 1. The fraction of sp³-hybridized carbons (Fsp3) is 0.583. The number of aryl methyl sites for hydroxylation is 1. The lowest BCUT2D eigenvalue weighted by molar-refractivity contribution is 0.407. The largest absolute Gasteiger partial charge is 0.496 e. The first kappa shape index (κ1) is 13.7. The Labute approximate surface area is 107 Å². The number of alkyl halides is 1. The zero-order valence-corrected chi connectivity index (χ0v) is 11.8. The van der Waals surface area contributed by atoms with Crippen LogP contribution in [0, 0.1) is 13.8 Å². The van der Waals surface area contributed by atoms with Gasteiger partial charge < -0.3 is 4.74 Å². The third-order valence-electron chi connectivity index (χ3n) is 2.47. The summed E-state index contributed by atoms with van der Waals surface area (Å²) in [6, 6.07) is 0. The number of nitrogens with zero attached hydrogens (tertiary/aromatic N) is 1. The van der Waals surface area contributed by atoms with Gasteiger partial charge in [0.15, 0.2) is 0 Å². The molecule has 1 aromatic rings. The molecule has 0 spiro atoms. The second-order valence-corrected chi connectivity index (χ2v) is 5.56. The van der Waals surface area contributed by atoms with Crippen LogP contribution < -0.4 is 4.74 Å². The molecule has 4 heteroatoms. The molecule has 0 aliphatic heterocycles. The van der Waals surface area contributed by atoms with E-state index in [1.54, 1.807) is 7.11 Å². The minimum atomic E-state index is 0.454. The van der Waals surface area contributed by atoms with Crippen LogP contribution in [-0.4, -0.2) is 23.2 Å². The second kappa shape index (κ2) is 6.36. The van der Waals surface area contributed by atoms with Gasteiger partial charge in [-0.2, -0.15) is 11.8 Å². The highest BCUT2D eigenvalue weighted by Gasteiger charge is 2.10. The molecule has 1 atom stereocenters. The molecule has 1 aromatic heterocycles. The molecule has 0 fully saturated rings. The smallest absolute Gasteiger partial charge is 0.128 e. The Bertz CT molecular complexity index is 357. The zero-order chi connectivity index (χ0) is 12.1. The maximum absolute atomic E-state index is 5.78. The van der Waals surface area contributed by atoms with E-state index < -0.39 is 0 Å². The Morgan fingerprint density at radius 3 is 2.75 bits per heavy atom. The van der Waals surface area contributed by atoms with Gasteiger partial charge in [0.05, 0.1) is 12.8 Å². The van der Waals surface area contributed by atoms with Gasteiger partial charge >= 0.3 is 0 Å². The Hall–Kier alpha value is -0.410. The molecule has 0 saturated carbocycles. The summed E-state index contributed by atoms with van der Waals surface area (Å²) < 4.78 is 5.37. The number of hydrogen-bond acceptors (Lipinski definition) is 3. The van der Waals surface area contributed by atoms with E-state index in [1.807, 2.05) is 24.9 Å². The van der Waals surface area contributed by atoms with Crippen molar-refractivity contribution in [2.75, 3.05) is 13.0 Å². The summed E-state index contributed by atoms with van der Waals surface area (Å²) in [6.45, 7) is 6.19. The molecule has 90 valence electrons. The molecular formula is C12H18ClNOS. The van der Waals surface area contributed by atoms with Crippen molar-refractivity contribution < 1.29 is 4.74 Å².